The first kappa shape index (κ1) is 22.3. The van der Waals surface area contributed by atoms with Gasteiger partial charge in [-0.2, -0.15) is 0 Å². The molecule has 2 fully saturated rings. The number of aryl methyl sites for hydroxylation is 2. The molecule has 0 bridgehead atoms. The van der Waals surface area contributed by atoms with Crippen LogP contribution in [0.5, 0.6) is 0 Å². The zero-order chi connectivity index (χ0) is 21.6. The van der Waals surface area contributed by atoms with Gasteiger partial charge >= 0.3 is 0 Å². The smallest absolute Gasteiger partial charge is 0.193 e. The molecular weight excluding hydrogens is 408 g/mol. The van der Waals surface area contributed by atoms with E-state index in [1.54, 1.807) is 0 Å². The maximum atomic E-state index is 6.12. The molecule has 2 unspecified atom stereocenters. The lowest BCUT2D eigenvalue weighted by Gasteiger charge is -2.38. The highest BCUT2D eigenvalue weighted by atomic mass is 32.1. The molecule has 6 nitrogen and oxygen atoms in total. The second kappa shape index (κ2) is 10.6. The van der Waals surface area contributed by atoms with Gasteiger partial charge in [0.2, 0.25) is 0 Å². The van der Waals surface area contributed by atoms with Gasteiger partial charge < -0.3 is 19.7 Å². The summed E-state index contributed by atoms with van der Waals surface area (Å²) in [4.78, 5) is 12.2. The topological polar surface area (TPSA) is 49.3 Å². The van der Waals surface area contributed by atoms with Gasteiger partial charge in [-0.3, -0.25) is 9.89 Å². The van der Waals surface area contributed by atoms with Crippen LogP contribution in [0.2, 0.25) is 0 Å². The van der Waals surface area contributed by atoms with Crippen LogP contribution in [-0.2, 0) is 9.47 Å². The van der Waals surface area contributed by atoms with Crippen molar-refractivity contribution in [1.82, 2.24) is 15.1 Å². The van der Waals surface area contributed by atoms with Crippen LogP contribution in [0.4, 0.5) is 0 Å². The van der Waals surface area contributed by atoms with E-state index in [1.807, 2.05) is 18.4 Å². The summed E-state index contributed by atoms with van der Waals surface area (Å²) < 4.78 is 11.7. The zero-order valence-electron chi connectivity index (χ0n) is 18.8. The van der Waals surface area contributed by atoms with Gasteiger partial charge in [0.15, 0.2) is 5.96 Å². The predicted octanol–water partition coefficient (Wildman–Crippen LogP) is 3.39. The maximum absolute atomic E-state index is 6.12. The molecule has 0 amide bonds. The van der Waals surface area contributed by atoms with Crippen molar-refractivity contribution in [3.8, 4) is 0 Å². The number of hydrogen-bond acceptors (Lipinski definition) is 5. The molecule has 0 saturated carbocycles. The van der Waals surface area contributed by atoms with E-state index in [2.05, 4.69) is 70.4 Å². The summed E-state index contributed by atoms with van der Waals surface area (Å²) in [7, 11) is 1.87. The van der Waals surface area contributed by atoms with Crippen LogP contribution in [0.1, 0.15) is 33.0 Å². The maximum Gasteiger partial charge on any atom is 0.193 e. The molecule has 1 N–H and O–H groups in total. The van der Waals surface area contributed by atoms with Crippen molar-refractivity contribution < 1.29 is 9.47 Å². The van der Waals surface area contributed by atoms with Crippen LogP contribution in [0, 0.1) is 13.8 Å². The molecule has 1 aromatic heterocycles. The molecule has 31 heavy (non-hydrogen) atoms. The third-order valence-corrected chi connectivity index (χ3v) is 7.24. The summed E-state index contributed by atoms with van der Waals surface area (Å²) in [6, 6.07) is 13.3. The lowest BCUT2D eigenvalue weighted by molar-refractivity contribution is -0.00879. The summed E-state index contributed by atoms with van der Waals surface area (Å²) >= 11 is 1.89. The summed E-state index contributed by atoms with van der Waals surface area (Å²) in [5.74, 6) is 0.952. The van der Waals surface area contributed by atoms with Gasteiger partial charge in [0.25, 0.3) is 0 Å². The van der Waals surface area contributed by atoms with E-state index in [9.17, 15) is 0 Å². The van der Waals surface area contributed by atoms with E-state index in [-0.39, 0.29) is 6.10 Å². The molecule has 1 aromatic carbocycles. The minimum Gasteiger partial charge on any atom is -0.379 e. The number of nitrogens with one attached hydrogen (secondary N) is 1. The Morgan fingerprint density at radius 1 is 1.13 bits per heavy atom. The van der Waals surface area contributed by atoms with Gasteiger partial charge in [-0.05, 0) is 37.1 Å². The monoisotopic (exact) mass is 442 g/mol. The summed E-state index contributed by atoms with van der Waals surface area (Å²) in [6.07, 6.45) is 0.0727. The van der Waals surface area contributed by atoms with Gasteiger partial charge in [-0.25, -0.2) is 0 Å². The number of rotatable bonds is 5. The minimum atomic E-state index is 0.0727. The predicted molar refractivity (Wildman–Crippen MR) is 127 cm³/mol. The number of thiophene rings is 1. The quantitative estimate of drug-likeness (QED) is 0.568. The second-order valence-corrected chi connectivity index (χ2v) is 9.52. The van der Waals surface area contributed by atoms with Gasteiger partial charge in [0.05, 0.1) is 32.4 Å². The van der Waals surface area contributed by atoms with Crippen molar-refractivity contribution in [2.75, 3.05) is 59.6 Å². The molecule has 2 atom stereocenters. The van der Waals surface area contributed by atoms with Crippen LogP contribution in [0.15, 0.2) is 41.4 Å². The van der Waals surface area contributed by atoms with Crippen molar-refractivity contribution in [1.29, 1.82) is 0 Å². The average Bonchev–Trinajstić information content (AvgIpc) is 3.23. The number of hydrogen-bond donors (Lipinski definition) is 1. The molecule has 7 heteroatoms. The first-order valence-electron chi connectivity index (χ1n) is 11.2. The lowest BCUT2D eigenvalue weighted by Crippen LogP contribution is -2.50. The number of morpholine rings is 2. The van der Waals surface area contributed by atoms with E-state index >= 15 is 0 Å². The Kier molecular flexibility index (Phi) is 7.61. The van der Waals surface area contributed by atoms with Crippen molar-refractivity contribution in [3.05, 3.63) is 57.3 Å². The molecule has 2 aliphatic rings. The molecule has 168 valence electrons. The van der Waals surface area contributed by atoms with Gasteiger partial charge in [-0.15, -0.1) is 11.3 Å². The third kappa shape index (κ3) is 5.47. The minimum absolute atomic E-state index is 0.0727. The summed E-state index contributed by atoms with van der Waals surface area (Å²) in [6.45, 7) is 11.1. The molecule has 3 heterocycles. The first-order valence-corrected chi connectivity index (χ1v) is 12.0. The van der Waals surface area contributed by atoms with Crippen molar-refractivity contribution >= 4 is 17.3 Å². The molecule has 4 rings (SSSR count). The molecule has 0 radical (unpaired) electrons. The molecule has 0 spiro atoms. The van der Waals surface area contributed by atoms with Crippen LogP contribution in [0.3, 0.4) is 0 Å². The Morgan fingerprint density at radius 2 is 1.94 bits per heavy atom. The fourth-order valence-electron chi connectivity index (χ4n) is 4.43. The van der Waals surface area contributed by atoms with Crippen molar-refractivity contribution in [2.45, 2.75) is 26.0 Å². The van der Waals surface area contributed by atoms with Crippen LogP contribution >= 0.6 is 11.3 Å². The summed E-state index contributed by atoms with van der Waals surface area (Å²) in [5, 5.41) is 3.68. The van der Waals surface area contributed by atoms with Crippen molar-refractivity contribution in [3.63, 3.8) is 0 Å². The van der Waals surface area contributed by atoms with Crippen LogP contribution in [0.25, 0.3) is 0 Å². The van der Waals surface area contributed by atoms with Gasteiger partial charge in [0, 0.05) is 43.0 Å². The Morgan fingerprint density at radius 3 is 2.65 bits per heavy atom. The lowest BCUT2D eigenvalue weighted by atomic mass is 10.0. The zero-order valence-corrected chi connectivity index (χ0v) is 19.7. The molecule has 2 saturated heterocycles. The largest absolute Gasteiger partial charge is 0.379 e. The molecular formula is C24H34N4O2S. The van der Waals surface area contributed by atoms with Crippen LogP contribution in [-0.4, -0.2) is 75.4 Å². The average molecular weight is 443 g/mol. The van der Waals surface area contributed by atoms with E-state index in [1.165, 1.54) is 20.9 Å². The number of guanidine groups is 1. The molecule has 2 aliphatic heterocycles. The van der Waals surface area contributed by atoms with E-state index in [4.69, 9.17) is 9.47 Å². The molecule has 0 aliphatic carbocycles. The van der Waals surface area contributed by atoms with E-state index in [0.717, 1.165) is 51.9 Å². The van der Waals surface area contributed by atoms with Gasteiger partial charge in [-0.1, -0.05) is 24.3 Å². The number of nitrogens with zero attached hydrogens (tertiary/aromatic N) is 3. The molecule has 2 aromatic rings. The van der Waals surface area contributed by atoms with E-state index < -0.39 is 0 Å². The Balaban J connectivity index is 1.44. The van der Waals surface area contributed by atoms with E-state index in [0.29, 0.717) is 12.6 Å². The first-order chi connectivity index (χ1) is 15.2. The third-order valence-electron chi connectivity index (χ3n) is 6.14. The highest BCUT2D eigenvalue weighted by Gasteiger charge is 2.28. The normalized spacial score (nSPS) is 21.8. The highest BCUT2D eigenvalue weighted by molar-refractivity contribution is 7.12. The van der Waals surface area contributed by atoms with Gasteiger partial charge in [0.1, 0.15) is 6.10 Å². The highest BCUT2D eigenvalue weighted by Crippen LogP contribution is 2.28. The fraction of sp³-hybridized carbons (Fsp3) is 0.542. The Labute approximate surface area is 189 Å². The number of benzene rings is 1. The number of ether oxygens (including phenoxy) is 2. The SMILES string of the molecule is CN=C(NCC(c1ccc(C)s1)N1CCOCC1)N1CCOC(c2ccccc2C)C1. The second-order valence-electron chi connectivity index (χ2n) is 8.20. The number of aliphatic imine (C=N–C) groups is 1. The fourth-order valence-corrected chi connectivity index (χ4v) is 5.44. The summed E-state index contributed by atoms with van der Waals surface area (Å²) in [5.41, 5.74) is 2.54. The Bertz CT molecular complexity index is 878. The van der Waals surface area contributed by atoms with Crippen LogP contribution < -0.4 is 5.32 Å². The standard InChI is InChI=1S/C24H34N4O2S/c1-18-6-4-5-7-20(18)22-17-28(12-15-30-22)24(25-3)26-16-21(23-9-8-19(2)31-23)27-10-13-29-14-11-27/h4-9,21-22H,10-17H2,1-3H3,(H,25,26). The Hall–Kier alpha value is -1.93. The van der Waals surface area contributed by atoms with Crippen molar-refractivity contribution in [2.24, 2.45) is 4.99 Å².